The van der Waals surface area contributed by atoms with Crippen molar-refractivity contribution in [3.63, 3.8) is 0 Å². The van der Waals surface area contributed by atoms with Crippen molar-refractivity contribution in [3.05, 3.63) is 35.4 Å². The van der Waals surface area contributed by atoms with Gasteiger partial charge in [-0.25, -0.2) is 0 Å². The Morgan fingerprint density at radius 2 is 2.24 bits per heavy atom. The van der Waals surface area contributed by atoms with Crippen LogP contribution < -0.4 is 5.32 Å². The molecule has 0 bridgehead atoms. The molecular weight excluding hydrogens is 208 g/mol. The highest BCUT2D eigenvalue weighted by atomic mass is 14.9. The lowest BCUT2D eigenvalue weighted by molar-refractivity contribution is 0.421. The standard InChI is InChI=1S/C15H20N2/c1-2-6-15(7-8-15)12-17-11-14-5-3-4-13(9-14)10-16/h3-5,9,17H,2,6-8,11-12H2,1H3. The molecule has 0 aromatic heterocycles. The van der Waals surface area contributed by atoms with E-state index in [0.717, 1.165) is 18.7 Å². The first-order valence-electron chi connectivity index (χ1n) is 6.48. The second kappa shape index (κ2) is 5.33. The summed E-state index contributed by atoms with van der Waals surface area (Å²) in [5.74, 6) is 0. The predicted molar refractivity (Wildman–Crippen MR) is 69.4 cm³/mol. The van der Waals surface area contributed by atoms with E-state index < -0.39 is 0 Å². The molecular formula is C15H20N2. The fraction of sp³-hybridized carbons (Fsp3) is 0.533. The number of rotatable bonds is 6. The van der Waals surface area contributed by atoms with Gasteiger partial charge in [0.2, 0.25) is 0 Å². The van der Waals surface area contributed by atoms with Crippen molar-refractivity contribution in [1.29, 1.82) is 5.26 Å². The summed E-state index contributed by atoms with van der Waals surface area (Å²) >= 11 is 0. The van der Waals surface area contributed by atoms with Gasteiger partial charge in [0.15, 0.2) is 0 Å². The van der Waals surface area contributed by atoms with Gasteiger partial charge in [-0.3, -0.25) is 0 Å². The molecule has 1 saturated carbocycles. The number of benzene rings is 1. The Morgan fingerprint density at radius 3 is 2.88 bits per heavy atom. The zero-order valence-electron chi connectivity index (χ0n) is 10.5. The minimum absolute atomic E-state index is 0.599. The molecule has 1 N–H and O–H groups in total. The Labute approximate surface area is 104 Å². The smallest absolute Gasteiger partial charge is 0.0991 e. The van der Waals surface area contributed by atoms with E-state index in [0.29, 0.717) is 5.41 Å². The van der Waals surface area contributed by atoms with E-state index in [2.05, 4.69) is 24.4 Å². The number of nitrogens with zero attached hydrogens (tertiary/aromatic N) is 1. The van der Waals surface area contributed by atoms with Gasteiger partial charge in [0.05, 0.1) is 11.6 Å². The molecule has 90 valence electrons. The molecule has 1 fully saturated rings. The lowest BCUT2D eigenvalue weighted by atomic mass is 10.0. The van der Waals surface area contributed by atoms with E-state index in [9.17, 15) is 0 Å². The van der Waals surface area contributed by atoms with E-state index >= 15 is 0 Å². The molecule has 0 heterocycles. The molecule has 0 saturated heterocycles. The van der Waals surface area contributed by atoms with E-state index in [1.807, 2.05) is 18.2 Å². The van der Waals surface area contributed by atoms with Gasteiger partial charge in [-0.05, 0) is 42.4 Å². The Hall–Kier alpha value is -1.33. The van der Waals surface area contributed by atoms with Gasteiger partial charge in [-0.15, -0.1) is 0 Å². The average molecular weight is 228 g/mol. The molecule has 0 radical (unpaired) electrons. The van der Waals surface area contributed by atoms with Crippen LogP contribution in [0.25, 0.3) is 0 Å². The lowest BCUT2D eigenvalue weighted by Crippen LogP contribution is -2.23. The highest BCUT2D eigenvalue weighted by molar-refractivity contribution is 5.32. The van der Waals surface area contributed by atoms with E-state index in [-0.39, 0.29) is 0 Å². The molecule has 2 heteroatoms. The van der Waals surface area contributed by atoms with Crippen LogP contribution in [0.5, 0.6) is 0 Å². The maximum absolute atomic E-state index is 8.83. The number of hydrogen-bond donors (Lipinski definition) is 1. The van der Waals surface area contributed by atoms with E-state index in [1.165, 1.54) is 31.2 Å². The minimum Gasteiger partial charge on any atom is -0.312 e. The van der Waals surface area contributed by atoms with Gasteiger partial charge in [0.1, 0.15) is 0 Å². The van der Waals surface area contributed by atoms with Crippen LogP contribution in [0.2, 0.25) is 0 Å². The van der Waals surface area contributed by atoms with Crippen LogP contribution in [0, 0.1) is 16.7 Å². The highest BCUT2D eigenvalue weighted by Crippen LogP contribution is 2.48. The predicted octanol–water partition coefficient (Wildman–Crippen LogP) is 3.23. The largest absolute Gasteiger partial charge is 0.312 e. The Bertz CT molecular complexity index is 413. The molecule has 17 heavy (non-hydrogen) atoms. The number of hydrogen-bond acceptors (Lipinski definition) is 2. The fourth-order valence-electron chi connectivity index (χ4n) is 2.45. The first-order valence-corrected chi connectivity index (χ1v) is 6.48. The first kappa shape index (κ1) is 12.1. The van der Waals surface area contributed by atoms with Gasteiger partial charge >= 0.3 is 0 Å². The third kappa shape index (κ3) is 3.31. The minimum atomic E-state index is 0.599. The van der Waals surface area contributed by atoms with Gasteiger partial charge in [-0.1, -0.05) is 25.5 Å². The molecule has 1 aliphatic carbocycles. The Morgan fingerprint density at radius 1 is 1.41 bits per heavy atom. The maximum atomic E-state index is 8.83. The summed E-state index contributed by atoms with van der Waals surface area (Å²) in [5.41, 5.74) is 2.55. The van der Waals surface area contributed by atoms with Crippen molar-refractivity contribution in [2.24, 2.45) is 5.41 Å². The number of nitriles is 1. The molecule has 1 aliphatic rings. The lowest BCUT2D eigenvalue weighted by Gasteiger charge is -2.14. The number of nitrogens with one attached hydrogen (secondary N) is 1. The summed E-state index contributed by atoms with van der Waals surface area (Å²) in [4.78, 5) is 0. The molecule has 1 aromatic rings. The van der Waals surface area contributed by atoms with Gasteiger partial charge in [-0.2, -0.15) is 5.26 Å². The molecule has 0 unspecified atom stereocenters. The molecule has 2 nitrogen and oxygen atoms in total. The van der Waals surface area contributed by atoms with Crippen LogP contribution >= 0.6 is 0 Å². The van der Waals surface area contributed by atoms with Crippen molar-refractivity contribution in [3.8, 4) is 6.07 Å². The zero-order valence-corrected chi connectivity index (χ0v) is 10.5. The maximum Gasteiger partial charge on any atom is 0.0991 e. The van der Waals surface area contributed by atoms with Crippen molar-refractivity contribution in [2.45, 2.75) is 39.2 Å². The molecule has 0 atom stereocenters. The third-order valence-electron chi connectivity index (χ3n) is 3.62. The Kier molecular flexibility index (Phi) is 3.81. The normalized spacial score (nSPS) is 16.5. The summed E-state index contributed by atoms with van der Waals surface area (Å²) in [6.45, 7) is 4.26. The highest BCUT2D eigenvalue weighted by Gasteiger charge is 2.40. The molecule has 2 rings (SSSR count). The van der Waals surface area contributed by atoms with E-state index in [4.69, 9.17) is 5.26 Å². The van der Waals surface area contributed by atoms with Gasteiger partial charge < -0.3 is 5.32 Å². The quantitative estimate of drug-likeness (QED) is 0.811. The van der Waals surface area contributed by atoms with Crippen LogP contribution in [0.15, 0.2) is 24.3 Å². The van der Waals surface area contributed by atoms with Crippen molar-refractivity contribution in [1.82, 2.24) is 5.32 Å². The fourth-order valence-corrected chi connectivity index (χ4v) is 2.45. The van der Waals surface area contributed by atoms with Crippen LogP contribution in [0.3, 0.4) is 0 Å². The molecule has 0 amide bonds. The van der Waals surface area contributed by atoms with Crippen LogP contribution in [-0.2, 0) is 6.54 Å². The summed E-state index contributed by atoms with van der Waals surface area (Å²) in [5, 5.41) is 12.4. The van der Waals surface area contributed by atoms with Crippen molar-refractivity contribution < 1.29 is 0 Å². The van der Waals surface area contributed by atoms with Crippen LogP contribution in [0.1, 0.15) is 43.7 Å². The molecule has 1 aromatic carbocycles. The summed E-state index contributed by atoms with van der Waals surface area (Å²) in [7, 11) is 0. The molecule has 0 aliphatic heterocycles. The monoisotopic (exact) mass is 228 g/mol. The van der Waals surface area contributed by atoms with Crippen LogP contribution in [0.4, 0.5) is 0 Å². The summed E-state index contributed by atoms with van der Waals surface area (Å²) < 4.78 is 0. The first-order chi connectivity index (χ1) is 8.28. The molecule has 0 spiro atoms. The Balaban J connectivity index is 1.80. The average Bonchev–Trinajstić information content (AvgIpc) is 3.10. The van der Waals surface area contributed by atoms with E-state index in [1.54, 1.807) is 0 Å². The van der Waals surface area contributed by atoms with Crippen molar-refractivity contribution in [2.75, 3.05) is 6.54 Å². The van der Waals surface area contributed by atoms with Gasteiger partial charge in [0.25, 0.3) is 0 Å². The second-order valence-corrected chi connectivity index (χ2v) is 5.17. The topological polar surface area (TPSA) is 35.8 Å². The van der Waals surface area contributed by atoms with Crippen LogP contribution in [-0.4, -0.2) is 6.54 Å². The summed E-state index contributed by atoms with van der Waals surface area (Å²) in [6, 6.07) is 10.0. The van der Waals surface area contributed by atoms with Gasteiger partial charge in [0, 0.05) is 13.1 Å². The third-order valence-corrected chi connectivity index (χ3v) is 3.62. The zero-order chi connectivity index (χ0) is 12.1. The second-order valence-electron chi connectivity index (χ2n) is 5.17. The SMILES string of the molecule is CCCC1(CNCc2cccc(C#N)c2)CC1. The summed E-state index contributed by atoms with van der Waals surface area (Å²) in [6.07, 6.45) is 5.39. The van der Waals surface area contributed by atoms with Crippen molar-refractivity contribution >= 4 is 0 Å².